The van der Waals surface area contributed by atoms with E-state index >= 15 is 0 Å². The lowest BCUT2D eigenvalue weighted by molar-refractivity contribution is -0.134. The van der Waals surface area contributed by atoms with Gasteiger partial charge in [0.2, 0.25) is 0 Å². The number of carbonyl (C=O) groups is 1. The fourth-order valence-corrected chi connectivity index (χ4v) is 3.59. The Morgan fingerprint density at radius 3 is 2.67 bits per heavy atom. The minimum absolute atomic E-state index is 0.0742. The predicted octanol–water partition coefficient (Wildman–Crippen LogP) is 5.67. The van der Waals surface area contributed by atoms with Gasteiger partial charge in [-0.25, -0.2) is 0 Å². The maximum atomic E-state index is 12.1. The molecule has 1 aliphatic carbocycles. The van der Waals surface area contributed by atoms with Crippen LogP contribution in [0.2, 0.25) is 0 Å². The molecule has 1 heterocycles. The van der Waals surface area contributed by atoms with Crippen LogP contribution in [0.1, 0.15) is 31.7 Å². The molecule has 2 aromatic rings. The van der Waals surface area contributed by atoms with Crippen molar-refractivity contribution in [1.29, 1.82) is 0 Å². The van der Waals surface area contributed by atoms with E-state index in [0.29, 0.717) is 23.5 Å². The van der Waals surface area contributed by atoms with E-state index in [1.165, 1.54) is 18.2 Å². The van der Waals surface area contributed by atoms with E-state index < -0.39 is 0 Å². The standard InChI is InChI=1S/C25H22O5/c1-3-4-5-24(28)29-18-9-6-15(2)21(14-18)25-19-10-7-16(26)12-22(19)30-23-13-17(27)8-11-20(23)25/h6-14,26H,3-5H2,1-2H3. The molecule has 0 fully saturated rings. The zero-order chi connectivity index (χ0) is 21.3. The number of benzene rings is 3. The predicted molar refractivity (Wildman–Crippen MR) is 116 cm³/mol. The molecule has 0 saturated heterocycles. The van der Waals surface area contributed by atoms with Crippen molar-refractivity contribution in [3.63, 3.8) is 0 Å². The van der Waals surface area contributed by atoms with Gasteiger partial charge < -0.3 is 14.3 Å². The average molecular weight is 402 g/mol. The molecule has 2 aromatic carbocycles. The number of aromatic hydroxyl groups is 1. The van der Waals surface area contributed by atoms with E-state index in [1.807, 2.05) is 26.0 Å². The number of rotatable bonds is 5. The molecule has 0 bridgehead atoms. The van der Waals surface area contributed by atoms with Crippen molar-refractivity contribution in [1.82, 2.24) is 0 Å². The average Bonchev–Trinajstić information content (AvgIpc) is 2.72. The number of phenolic OH excluding ortho intramolecular Hbond substituents is 1. The van der Waals surface area contributed by atoms with Crippen molar-refractivity contribution in [2.45, 2.75) is 33.1 Å². The van der Waals surface area contributed by atoms with Crippen LogP contribution in [0.15, 0.2) is 63.8 Å². The lowest BCUT2D eigenvalue weighted by Crippen LogP contribution is -2.07. The highest BCUT2D eigenvalue weighted by atomic mass is 16.5. The third kappa shape index (κ3) is 3.79. The second-order valence-electron chi connectivity index (χ2n) is 7.37. The number of ether oxygens (including phenoxy) is 1. The summed E-state index contributed by atoms with van der Waals surface area (Å²) in [4.78, 5) is 24.0. The van der Waals surface area contributed by atoms with Gasteiger partial charge in [0.15, 0.2) is 5.43 Å². The molecular weight excluding hydrogens is 380 g/mol. The van der Waals surface area contributed by atoms with Gasteiger partial charge in [-0.3, -0.25) is 9.59 Å². The largest absolute Gasteiger partial charge is 0.508 e. The van der Waals surface area contributed by atoms with Crippen LogP contribution in [-0.4, -0.2) is 11.1 Å². The molecule has 2 aliphatic rings. The highest BCUT2D eigenvalue weighted by Crippen LogP contribution is 2.42. The van der Waals surface area contributed by atoms with Crippen LogP contribution in [0, 0.1) is 6.92 Å². The van der Waals surface area contributed by atoms with E-state index in [0.717, 1.165) is 40.5 Å². The van der Waals surface area contributed by atoms with Crippen LogP contribution in [0.5, 0.6) is 11.5 Å². The minimum atomic E-state index is -0.259. The Labute approximate surface area is 173 Å². The molecule has 0 atom stereocenters. The number of aryl methyl sites for hydroxylation is 1. The summed E-state index contributed by atoms with van der Waals surface area (Å²) in [5, 5.41) is 10.7. The van der Waals surface area contributed by atoms with Gasteiger partial charge in [0.25, 0.3) is 0 Å². The van der Waals surface area contributed by atoms with Crippen LogP contribution >= 0.6 is 0 Å². The van der Waals surface area contributed by atoms with Crippen LogP contribution in [0.3, 0.4) is 0 Å². The molecule has 4 rings (SSSR count). The smallest absolute Gasteiger partial charge is 0.311 e. The number of esters is 1. The second kappa shape index (κ2) is 8.03. The molecule has 0 spiro atoms. The van der Waals surface area contributed by atoms with Crippen LogP contribution in [-0.2, 0) is 4.79 Å². The summed E-state index contributed by atoms with van der Waals surface area (Å²) in [7, 11) is 0. The maximum Gasteiger partial charge on any atom is 0.311 e. The third-order valence-electron chi connectivity index (χ3n) is 5.12. The summed E-state index contributed by atoms with van der Waals surface area (Å²) in [6, 6.07) is 15.1. The van der Waals surface area contributed by atoms with E-state index in [-0.39, 0.29) is 17.1 Å². The van der Waals surface area contributed by atoms with Crippen molar-refractivity contribution in [2.24, 2.45) is 0 Å². The summed E-state index contributed by atoms with van der Waals surface area (Å²) < 4.78 is 11.4. The van der Waals surface area contributed by atoms with Gasteiger partial charge in [-0.05, 0) is 60.9 Å². The Hall–Kier alpha value is -3.60. The molecule has 0 saturated carbocycles. The SMILES string of the molecule is CCCCC(=O)Oc1ccc(C)c(-c2c3ccc(=O)cc-3oc3cc(O)ccc23)c1. The maximum absolute atomic E-state index is 12.1. The number of unbranched alkanes of at least 4 members (excludes halogenated alkanes) is 1. The molecule has 152 valence electrons. The summed E-state index contributed by atoms with van der Waals surface area (Å²) >= 11 is 0. The van der Waals surface area contributed by atoms with Crippen LogP contribution in [0.4, 0.5) is 0 Å². The van der Waals surface area contributed by atoms with Gasteiger partial charge in [-0.15, -0.1) is 0 Å². The quantitative estimate of drug-likeness (QED) is 0.264. The molecule has 0 radical (unpaired) electrons. The van der Waals surface area contributed by atoms with E-state index in [9.17, 15) is 14.7 Å². The highest BCUT2D eigenvalue weighted by Gasteiger charge is 2.19. The van der Waals surface area contributed by atoms with E-state index in [1.54, 1.807) is 24.3 Å². The number of hydrogen-bond acceptors (Lipinski definition) is 5. The molecule has 5 nitrogen and oxygen atoms in total. The van der Waals surface area contributed by atoms with Crippen molar-refractivity contribution >= 4 is 16.9 Å². The first-order valence-electron chi connectivity index (χ1n) is 9.97. The number of hydrogen-bond donors (Lipinski definition) is 1. The van der Waals surface area contributed by atoms with Crippen LogP contribution < -0.4 is 10.2 Å². The molecule has 1 N–H and O–H groups in total. The zero-order valence-electron chi connectivity index (χ0n) is 16.9. The minimum Gasteiger partial charge on any atom is -0.508 e. The highest BCUT2D eigenvalue weighted by molar-refractivity contribution is 6.03. The fraction of sp³-hybridized carbons (Fsp3) is 0.200. The van der Waals surface area contributed by atoms with Gasteiger partial charge >= 0.3 is 5.97 Å². The Bertz CT molecular complexity index is 1270. The lowest BCUT2D eigenvalue weighted by atomic mass is 9.91. The fourth-order valence-electron chi connectivity index (χ4n) is 3.59. The van der Waals surface area contributed by atoms with Crippen molar-refractivity contribution in [2.75, 3.05) is 0 Å². The molecule has 0 aromatic heterocycles. The number of carbonyl (C=O) groups excluding carboxylic acids is 1. The molecular formula is C25H22O5. The third-order valence-corrected chi connectivity index (χ3v) is 5.12. The number of fused-ring (bicyclic) bond motifs is 2. The first-order valence-corrected chi connectivity index (χ1v) is 9.97. The van der Waals surface area contributed by atoms with Gasteiger partial charge in [-0.1, -0.05) is 19.4 Å². The summed E-state index contributed by atoms with van der Waals surface area (Å²) in [5.41, 5.74) is 3.78. The Morgan fingerprint density at radius 2 is 1.87 bits per heavy atom. The number of phenols is 1. The molecule has 5 heteroatoms. The summed E-state index contributed by atoms with van der Waals surface area (Å²) in [5.74, 6) is 0.717. The lowest BCUT2D eigenvalue weighted by Gasteiger charge is -2.17. The van der Waals surface area contributed by atoms with Gasteiger partial charge in [0, 0.05) is 35.1 Å². The topological polar surface area (TPSA) is 76.7 Å². The first-order chi connectivity index (χ1) is 14.5. The first kappa shape index (κ1) is 19.7. The van der Waals surface area contributed by atoms with Gasteiger partial charge in [-0.2, -0.15) is 0 Å². The summed E-state index contributed by atoms with van der Waals surface area (Å²) in [6.07, 6.45) is 2.09. The summed E-state index contributed by atoms with van der Waals surface area (Å²) in [6.45, 7) is 4.00. The van der Waals surface area contributed by atoms with Gasteiger partial charge in [0.05, 0.1) is 0 Å². The second-order valence-corrected chi connectivity index (χ2v) is 7.37. The van der Waals surface area contributed by atoms with Crippen molar-refractivity contribution in [3.8, 4) is 33.9 Å². The monoisotopic (exact) mass is 402 g/mol. The van der Waals surface area contributed by atoms with E-state index in [2.05, 4.69) is 0 Å². The van der Waals surface area contributed by atoms with Gasteiger partial charge in [0.1, 0.15) is 22.8 Å². The zero-order valence-corrected chi connectivity index (χ0v) is 16.9. The van der Waals surface area contributed by atoms with Crippen molar-refractivity contribution in [3.05, 3.63) is 70.4 Å². The molecule has 1 aliphatic heterocycles. The molecule has 30 heavy (non-hydrogen) atoms. The Balaban J connectivity index is 1.93. The van der Waals surface area contributed by atoms with E-state index in [4.69, 9.17) is 9.15 Å². The van der Waals surface area contributed by atoms with Crippen molar-refractivity contribution < 1.29 is 19.1 Å². The molecule has 0 unspecified atom stereocenters. The Morgan fingerprint density at radius 1 is 1.03 bits per heavy atom. The molecule has 0 amide bonds. The van der Waals surface area contributed by atoms with Crippen LogP contribution in [0.25, 0.3) is 33.4 Å². The normalized spacial score (nSPS) is 11.1. The Kier molecular flexibility index (Phi) is 5.27.